The van der Waals surface area contributed by atoms with Crippen molar-refractivity contribution in [3.8, 4) is 5.75 Å². The molecule has 28 heavy (non-hydrogen) atoms. The van der Waals surface area contributed by atoms with Crippen LogP contribution >= 0.6 is 27.3 Å². The van der Waals surface area contributed by atoms with Gasteiger partial charge in [-0.3, -0.25) is 9.59 Å². The van der Waals surface area contributed by atoms with Crippen LogP contribution in [0.15, 0.2) is 51.7 Å². The van der Waals surface area contributed by atoms with Gasteiger partial charge in [0, 0.05) is 23.2 Å². The number of anilines is 1. The molecular weight excluding hydrogens is 447 g/mol. The van der Waals surface area contributed by atoms with E-state index in [-0.39, 0.29) is 5.56 Å². The molecule has 1 amide bonds. The van der Waals surface area contributed by atoms with E-state index in [1.807, 2.05) is 0 Å². The predicted molar refractivity (Wildman–Crippen MR) is 113 cm³/mol. The van der Waals surface area contributed by atoms with E-state index < -0.39 is 11.7 Å². The van der Waals surface area contributed by atoms with Crippen molar-refractivity contribution in [2.24, 2.45) is 7.05 Å². The first-order valence-electron chi connectivity index (χ1n) is 8.17. The van der Waals surface area contributed by atoms with Crippen molar-refractivity contribution in [3.05, 3.63) is 77.9 Å². The number of nitrogens with zero attached hydrogens (tertiary/aromatic N) is 1. The SMILES string of the molecule is COc1ccccc1NC(=O)/C=c1\s/c(=C\c2cc(Br)ccc2F)c(=O)n1C. The van der Waals surface area contributed by atoms with Crippen LogP contribution in [0.1, 0.15) is 5.56 Å². The van der Waals surface area contributed by atoms with Crippen LogP contribution in [-0.4, -0.2) is 17.6 Å². The molecule has 0 unspecified atom stereocenters. The Morgan fingerprint density at radius 1 is 1.29 bits per heavy atom. The lowest BCUT2D eigenvalue weighted by Crippen LogP contribution is -2.29. The fourth-order valence-corrected chi connectivity index (χ4v) is 3.90. The second-order valence-electron chi connectivity index (χ2n) is 5.81. The molecule has 1 N–H and O–H groups in total. The number of hydrogen-bond donors (Lipinski definition) is 1. The highest BCUT2D eigenvalue weighted by Gasteiger charge is 2.07. The Morgan fingerprint density at radius 3 is 2.79 bits per heavy atom. The topological polar surface area (TPSA) is 60.3 Å². The van der Waals surface area contributed by atoms with Crippen LogP contribution in [0.3, 0.4) is 0 Å². The number of nitrogens with one attached hydrogen (secondary N) is 1. The largest absolute Gasteiger partial charge is 0.495 e. The summed E-state index contributed by atoms with van der Waals surface area (Å²) in [6.07, 6.45) is 2.80. The van der Waals surface area contributed by atoms with Crippen LogP contribution in [0.5, 0.6) is 5.75 Å². The zero-order valence-electron chi connectivity index (χ0n) is 15.0. The van der Waals surface area contributed by atoms with Crippen molar-refractivity contribution >= 4 is 51.0 Å². The van der Waals surface area contributed by atoms with Gasteiger partial charge in [0.25, 0.3) is 11.5 Å². The molecule has 0 aliphatic rings. The zero-order chi connectivity index (χ0) is 20.3. The number of methoxy groups -OCH3 is 1. The lowest BCUT2D eigenvalue weighted by molar-refractivity contribution is -0.110. The van der Waals surface area contributed by atoms with Crippen molar-refractivity contribution in [2.75, 3.05) is 12.4 Å². The van der Waals surface area contributed by atoms with Crippen molar-refractivity contribution in [2.45, 2.75) is 0 Å². The van der Waals surface area contributed by atoms with Crippen molar-refractivity contribution in [1.82, 2.24) is 4.57 Å². The van der Waals surface area contributed by atoms with Gasteiger partial charge in [-0.05, 0) is 36.4 Å². The fraction of sp³-hybridized carbons (Fsp3) is 0.100. The maximum absolute atomic E-state index is 14.0. The summed E-state index contributed by atoms with van der Waals surface area (Å²) in [6, 6.07) is 11.5. The van der Waals surface area contributed by atoms with Gasteiger partial charge in [-0.25, -0.2) is 4.39 Å². The van der Waals surface area contributed by atoms with Gasteiger partial charge < -0.3 is 14.6 Å². The molecule has 0 saturated carbocycles. The Bertz CT molecular complexity index is 1220. The first-order valence-corrected chi connectivity index (χ1v) is 9.78. The lowest BCUT2D eigenvalue weighted by Gasteiger charge is -2.07. The third-order valence-corrected chi connectivity index (χ3v) is 5.53. The molecule has 0 aliphatic carbocycles. The molecule has 144 valence electrons. The van der Waals surface area contributed by atoms with Crippen LogP contribution in [-0.2, 0) is 11.8 Å². The smallest absolute Gasteiger partial charge is 0.268 e. The molecule has 3 rings (SSSR count). The molecule has 0 spiro atoms. The van der Waals surface area contributed by atoms with Gasteiger partial charge in [-0.1, -0.05) is 28.1 Å². The van der Waals surface area contributed by atoms with Gasteiger partial charge in [0.05, 0.1) is 17.3 Å². The number of amides is 1. The molecule has 1 aromatic heterocycles. The third kappa shape index (κ3) is 4.40. The Kier molecular flexibility index (Phi) is 6.11. The number of carbonyl (C=O) groups excluding carboxylic acids is 1. The van der Waals surface area contributed by atoms with Gasteiger partial charge in [0.15, 0.2) is 0 Å². The van der Waals surface area contributed by atoms with Gasteiger partial charge in [0.1, 0.15) is 16.2 Å². The number of benzene rings is 2. The minimum absolute atomic E-state index is 0.290. The number of ether oxygens (including phenoxy) is 1. The normalized spacial score (nSPS) is 12.3. The van der Waals surface area contributed by atoms with Crippen molar-refractivity contribution in [3.63, 3.8) is 0 Å². The number of aromatic nitrogens is 1. The summed E-state index contributed by atoms with van der Waals surface area (Å²) in [5, 5.41) is 2.73. The van der Waals surface area contributed by atoms with E-state index in [1.165, 1.54) is 29.9 Å². The summed E-state index contributed by atoms with van der Waals surface area (Å²) >= 11 is 4.40. The van der Waals surface area contributed by atoms with Gasteiger partial charge in [0.2, 0.25) is 0 Å². The minimum Gasteiger partial charge on any atom is -0.495 e. The second kappa shape index (κ2) is 8.53. The van der Waals surface area contributed by atoms with E-state index in [2.05, 4.69) is 21.2 Å². The molecule has 3 aromatic rings. The molecule has 0 atom stereocenters. The highest BCUT2D eigenvalue weighted by atomic mass is 79.9. The Hall–Kier alpha value is -2.71. The summed E-state index contributed by atoms with van der Waals surface area (Å²) in [5.41, 5.74) is 0.509. The molecule has 2 aromatic carbocycles. The number of rotatable bonds is 4. The molecule has 5 nitrogen and oxygen atoms in total. The van der Waals surface area contributed by atoms with Gasteiger partial charge >= 0.3 is 0 Å². The van der Waals surface area contributed by atoms with E-state index in [1.54, 1.807) is 43.4 Å². The second-order valence-corrected chi connectivity index (χ2v) is 7.79. The summed E-state index contributed by atoms with van der Waals surface area (Å²) in [6.45, 7) is 0. The van der Waals surface area contributed by atoms with E-state index in [4.69, 9.17) is 4.74 Å². The standard InChI is InChI=1S/C20H16BrFN2O3S/c1-24-19(11-18(25)23-15-5-3-4-6-16(15)27-2)28-17(20(24)26)10-12-9-13(21)7-8-14(12)22/h3-11H,1-2H3,(H,23,25)/b17-10-,19-11-. The highest BCUT2D eigenvalue weighted by Crippen LogP contribution is 2.22. The van der Waals surface area contributed by atoms with E-state index >= 15 is 0 Å². The molecule has 0 saturated heterocycles. The van der Waals surface area contributed by atoms with E-state index in [9.17, 15) is 14.0 Å². The maximum atomic E-state index is 14.0. The maximum Gasteiger partial charge on any atom is 0.268 e. The first-order chi connectivity index (χ1) is 13.4. The molecule has 0 aliphatic heterocycles. The van der Waals surface area contributed by atoms with E-state index in [0.29, 0.717) is 30.7 Å². The molecule has 8 heteroatoms. The van der Waals surface area contributed by atoms with Gasteiger partial charge in [-0.2, -0.15) is 0 Å². The number of thiazole rings is 1. The Morgan fingerprint density at radius 2 is 2.04 bits per heavy atom. The van der Waals surface area contributed by atoms with Crippen LogP contribution in [0, 0.1) is 5.82 Å². The Balaban J connectivity index is 1.99. The van der Waals surface area contributed by atoms with Crippen LogP contribution < -0.4 is 24.8 Å². The summed E-state index contributed by atoms with van der Waals surface area (Å²) in [7, 11) is 3.08. The third-order valence-electron chi connectivity index (χ3n) is 3.92. The molecule has 0 bridgehead atoms. The zero-order valence-corrected chi connectivity index (χ0v) is 17.4. The molecular formula is C20H16BrFN2O3S. The highest BCUT2D eigenvalue weighted by molar-refractivity contribution is 9.10. The van der Waals surface area contributed by atoms with E-state index in [0.717, 1.165) is 11.3 Å². The van der Waals surface area contributed by atoms with Crippen molar-refractivity contribution in [1.29, 1.82) is 0 Å². The summed E-state index contributed by atoms with van der Waals surface area (Å²) in [5.74, 6) is -0.303. The molecule has 1 heterocycles. The molecule has 0 radical (unpaired) electrons. The van der Waals surface area contributed by atoms with Crippen molar-refractivity contribution < 1.29 is 13.9 Å². The Labute approximate surface area is 172 Å². The number of carbonyl (C=O) groups is 1. The monoisotopic (exact) mass is 462 g/mol. The minimum atomic E-state index is -0.432. The van der Waals surface area contributed by atoms with Crippen LogP contribution in [0.25, 0.3) is 12.2 Å². The average molecular weight is 463 g/mol. The summed E-state index contributed by atoms with van der Waals surface area (Å²) < 4.78 is 22.0. The average Bonchev–Trinajstić information content (AvgIpc) is 2.93. The quantitative estimate of drug-likeness (QED) is 0.648. The lowest BCUT2D eigenvalue weighted by atomic mass is 10.2. The molecule has 0 fully saturated rings. The number of para-hydroxylation sites is 2. The summed E-state index contributed by atoms with van der Waals surface area (Å²) in [4.78, 5) is 24.8. The van der Waals surface area contributed by atoms with Crippen LogP contribution in [0.2, 0.25) is 0 Å². The fourth-order valence-electron chi connectivity index (χ4n) is 2.50. The number of hydrogen-bond acceptors (Lipinski definition) is 4. The van der Waals surface area contributed by atoms with Gasteiger partial charge in [-0.15, -0.1) is 11.3 Å². The first kappa shape index (κ1) is 20.0. The number of halogens is 2. The van der Waals surface area contributed by atoms with Crippen LogP contribution in [0.4, 0.5) is 10.1 Å². The predicted octanol–water partition coefficient (Wildman–Crippen LogP) is 2.61.